The van der Waals surface area contributed by atoms with Crippen molar-refractivity contribution in [3.8, 4) is 0 Å². The number of benzene rings is 2. The lowest BCUT2D eigenvalue weighted by atomic mass is 10.1. The Morgan fingerprint density at radius 3 is 2.59 bits per heavy atom. The van der Waals surface area contributed by atoms with Crippen molar-refractivity contribution in [3.05, 3.63) is 76.8 Å². The molecule has 0 radical (unpaired) electrons. The molecule has 144 valence electrons. The first-order chi connectivity index (χ1) is 12.7. The molecule has 3 rings (SSSR count). The zero-order valence-corrected chi connectivity index (χ0v) is 18.7. The van der Waals surface area contributed by atoms with E-state index < -0.39 is 0 Å². The van der Waals surface area contributed by atoms with Crippen molar-refractivity contribution in [3.63, 3.8) is 0 Å². The van der Waals surface area contributed by atoms with E-state index in [0.29, 0.717) is 0 Å². The van der Waals surface area contributed by atoms with Crippen molar-refractivity contribution in [1.82, 2.24) is 10.6 Å². The lowest BCUT2D eigenvalue weighted by Crippen LogP contribution is -2.38. The van der Waals surface area contributed by atoms with Gasteiger partial charge in [0.1, 0.15) is 0 Å². The van der Waals surface area contributed by atoms with Crippen molar-refractivity contribution >= 4 is 47.2 Å². The van der Waals surface area contributed by atoms with Crippen LogP contribution in [0.15, 0.2) is 65.7 Å². The van der Waals surface area contributed by atoms with Gasteiger partial charge in [0.2, 0.25) is 0 Å². The standard InChI is InChI=1S/C21H25ClN4.HI/c1-16(18-8-6-9-19(22)14-18)25-21(23-2)24-15-17-7-5-10-20(13-17)26-11-3-4-12-26;/h3-10,13-14,16H,11-12,15H2,1-2H3,(H2,23,24,25);1H. The second-order valence-corrected chi connectivity index (χ2v) is 6.83. The highest BCUT2D eigenvalue weighted by Crippen LogP contribution is 2.19. The quantitative estimate of drug-likeness (QED) is 0.271. The summed E-state index contributed by atoms with van der Waals surface area (Å²) in [7, 11) is 1.78. The van der Waals surface area contributed by atoms with Crippen LogP contribution in [0.25, 0.3) is 0 Å². The maximum absolute atomic E-state index is 6.09. The number of nitrogens with zero attached hydrogens (tertiary/aromatic N) is 2. The number of aliphatic imine (C=N–C) groups is 1. The molecule has 27 heavy (non-hydrogen) atoms. The van der Waals surface area contributed by atoms with Gasteiger partial charge in [-0.1, -0.05) is 48.0 Å². The van der Waals surface area contributed by atoms with Gasteiger partial charge in [-0.3, -0.25) is 4.99 Å². The average molecular weight is 497 g/mol. The lowest BCUT2D eigenvalue weighted by Gasteiger charge is -2.20. The average Bonchev–Trinajstić information content (AvgIpc) is 3.20. The minimum atomic E-state index is 0. The number of anilines is 1. The third-order valence-electron chi connectivity index (χ3n) is 4.48. The molecule has 0 aromatic heterocycles. The van der Waals surface area contributed by atoms with Gasteiger partial charge in [0.05, 0.1) is 6.04 Å². The van der Waals surface area contributed by atoms with Crippen LogP contribution in [0.2, 0.25) is 5.02 Å². The van der Waals surface area contributed by atoms with Gasteiger partial charge in [0.25, 0.3) is 0 Å². The molecular weight excluding hydrogens is 471 g/mol. The molecule has 2 N–H and O–H groups in total. The summed E-state index contributed by atoms with van der Waals surface area (Å²) >= 11 is 6.09. The molecule has 0 amide bonds. The molecule has 1 aliphatic heterocycles. The zero-order chi connectivity index (χ0) is 18.4. The monoisotopic (exact) mass is 496 g/mol. The van der Waals surface area contributed by atoms with E-state index in [1.54, 1.807) is 7.05 Å². The molecule has 2 aromatic rings. The van der Waals surface area contributed by atoms with E-state index in [4.69, 9.17) is 11.6 Å². The van der Waals surface area contributed by atoms with E-state index >= 15 is 0 Å². The van der Waals surface area contributed by atoms with Gasteiger partial charge in [-0.05, 0) is 42.3 Å². The van der Waals surface area contributed by atoms with Gasteiger partial charge in [-0.25, -0.2) is 0 Å². The van der Waals surface area contributed by atoms with Crippen molar-refractivity contribution in [2.45, 2.75) is 19.5 Å². The van der Waals surface area contributed by atoms with Crippen molar-refractivity contribution in [2.75, 3.05) is 25.0 Å². The third kappa shape index (κ3) is 6.14. The number of rotatable bonds is 5. The SMILES string of the molecule is CN=C(NCc1cccc(N2CC=CC2)c1)NC(C)c1cccc(Cl)c1.I. The van der Waals surface area contributed by atoms with E-state index in [1.165, 1.54) is 11.3 Å². The first-order valence-corrected chi connectivity index (χ1v) is 9.25. The van der Waals surface area contributed by atoms with Crippen LogP contribution in [0.3, 0.4) is 0 Å². The molecule has 1 aliphatic rings. The van der Waals surface area contributed by atoms with E-state index in [0.717, 1.165) is 36.2 Å². The fraction of sp³-hybridized carbons (Fsp3) is 0.286. The van der Waals surface area contributed by atoms with Crippen LogP contribution >= 0.6 is 35.6 Å². The lowest BCUT2D eigenvalue weighted by molar-refractivity contribution is 0.685. The maximum Gasteiger partial charge on any atom is 0.191 e. The molecule has 1 unspecified atom stereocenters. The van der Waals surface area contributed by atoms with E-state index in [9.17, 15) is 0 Å². The molecule has 0 saturated heterocycles. The van der Waals surface area contributed by atoms with Crippen molar-refractivity contribution in [1.29, 1.82) is 0 Å². The first-order valence-electron chi connectivity index (χ1n) is 8.87. The Morgan fingerprint density at radius 1 is 1.15 bits per heavy atom. The highest BCUT2D eigenvalue weighted by molar-refractivity contribution is 14.0. The van der Waals surface area contributed by atoms with Crippen LogP contribution < -0.4 is 15.5 Å². The summed E-state index contributed by atoms with van der Waals surface area (Å²) in [6, 6.07) is 16.6. The molecule has 6 heteroatoms. The number of guanidine groups is 1. The maximum atomic E-state index is 6.09. The van der Waals surface area contributed by atoms with E-state index in [-0.39, 0.29) is 30.0 Å². The molecule has 2 aromatic carbocycles. The summed E-state index contributed by atoms with van der Waals surface area (Å²) in [5, 5.41) is 7.54. The zero-order valence-electron chi connectivity index (χ0n) is 15.7. The molecule has 4 nitrogen and oxygen atoms in total. The minimum absolute atomic E-state index is 0. The summed E-state index contributed by atoms with van der Waals surface area (Å²) in [5.41, 5.74) is 3.61. The van der Waals surface area contributed by atoms with Crippen LogP contribution in [0.5, 0.6) is 0 Å². The number of hydrogen-bond acceptors (Lipinski definition) is 2. The molecule has 0 saturated carbocycles. The fourth-order valence-corrected chi connectivity index (χ4v) is 3.20. The summed E-state index contributed by atoms with van der Waals surface area (Å²) < 4.78 is 0. The molecule has 0 spiro atoms. The predicted molar refractivity (Wildman–Crippen MR) is 126 cm³/mol. The molecule has 0 bridgehead atoms. The second-order valence-electron chi connectivity index (χ2n) is 6.39. The highest BCUT2D eigenvalue weighted by Gasteiger charge is 2.10. The largest absolute Gasteiger partial charge is 0.364 e. The van der Waals surface area contributed by atoms with Gasteiger partial charge in [-0.15, -0.1) is 24.0 Å². The molecular formula is C21H26ClIN4. The third-order valence-corrected chi connectivity index (χ3v) is 4.71. The Labute approximate surface area is 183 Å². The normalized spacial score (nSPS) is 14.6. The van der Waals surface area contributed by atoms with Gasteiger partial charge >= 0.3 is 0 Å². The summed E-state index contributed by atoms with van der Waals surface area (Å²) in [6.07, 6.45) is 4.40. The van der Waals surface area contributed by atoms with Crippen LogP contribution in [0, 0.1) is 0 Å². The van der Waals surface area contributed by atoms with Crippen LogP contribution in [-0.4, -0.2) is 26.1 Å². The Hall–Kier alpha value is -1.73. The smallest absolute Gasteiger partial charge is 0.191 e. The first kappa shape index (κ1) is 21.6. The second kappa shape index (κ2) is 10.6. The molecule has 1 atom stereocenters. The minimum Gasteiger partial charge on any atom is -0.364 e. The molecule has 1 heterocycles. The van der Waals surface area contributed by atoms with Crippen LogP contribution in [0.4, 0.5) is 5.69 Å². The molecule has 0 fully saturated rings. The fourth-order valence-electron chi connectivity index (χ4n) is 3.00. The van der Waals surface area contributed by atoms with Gasteiger partial charge in [0.15, 0.2) is 5.96 Å². The van der Waals surface area contributed by atoms with Gasteiger partial charge in [-0.2, -0.15) is 0 Å². The van der Waals surface area contributed by atoms with Crippen LogP contribution in [-0.2, 0) is 6.54 Å². The van der Waals surface area contributed by atoms with Crippen LogP contribution in [0.1, 0.15) is 24.1 Å². The number of nitrogens with one attached hydrogen (secondary N) is 2. The summed E-state index contributed by atoms with van der Waals surface area (Å²) in [4.78, 5) is 6.68. The van der Waals surface area contributed by atoms with Gasteiger partial charge < -0.3 is 15.5 Å². The number of halogens is 2. The van der Waals surface area contributed by atoms with Crippen molar-refractivity contribution < 1.29 is 0 Å². The highest BCUT2D eigenvalue weighted by atomic mass is 127. The predicted octanol–water partition coefficient (Wildman–Crippen LogP) is 4.76. The summed E-state index contributed by atoms with van der Waals surface area (Å²) in [5.74, 6) is 0.769. The van der Waals surface area contributed by atoms with Crippen molar-refractivity contribution in [2.24, 2.45) is 4.99 Å². The topological polar surface area (TPSA) is 39.7 Å². The Morgan fingerprint density at radius 2 is 1.89 bits per heavy atom. The Kier molecular flexibility index (Phi) is 8.44. The number of hydrogen-bond donors (Lipinski definition) is 2. The van der Waals surface area contributed by atoms with E-state index in [1.807, 2.05) is 18.2 Å². The Bertz CT molecular complexity index is 798. The van der Waals surface area contributed by atoms with Gasteiger partial charge in [0, 0.05) is 37.4 Å². The van der Waals surface area contributed by atoms with E-state index in [2.05, 4.69) is 69.9 Å². The molecule has 0 aliphatic carbocycles. The Balaban J connectivity index is 0.00000261. The summed E-state index contributed by atoms with van der Waals surface area (Å²) in [6.45, 7) is 4.78.